The standard InChI is InChI=1S/C21H19N3O4/c1-2-26-21-22-19(14-8-9-17-18(10-14)28-12-27-17)24(23-21)20(25)16-11-15(16)13-6-4-3-5-7-13/h3-10,15-16H,2,11-12H2,1H3. The predicted octanol–water partition coefficient (Wildman–Crippen LogP) is 3.52. The number of fused-ring (bicyclic) bond motifs is 1. The summed E-state index contributed by atoms with van der Waals surface area (Å²) in [6, 6.07) is 15.8. The van der Waals surface area contributed by atoms with E-state index >= 15 is 0 Å². The van der Waals surface area contributed by atoms with Crippen molar-refractivity contribution in [2.45, 2.75) is 19.3 Å². The van der Waals surface area contributed by atoms with Crippen LogP contribution in [0.25, 0.3) is 11.4 Å². The summed E-state index contributed by atoms with van der Waals surface area (Å²) >= 11 is 0. The summed E-state index contributed by atoms with van der Waals surface area (Å²) in [5, 5.41) is 4.32. The van der Waals surface area contributed by atoms with Crippen LogP contribution in [0.15, 0.2) is 48.5 Å². The van der Waals surface area contributed by atoms with Crippen LogP contribution in [0.5, 0.6) is 17.5 Å². The molecule has 0 spiro atoms. The van der Waals surface area contributed by atoms with Gasteiger partial charge in [-0.05, 0) is 43.0 Å². The van der Waals surface area contributed by atoms with Gasteiger partial charge in [-0.25, -0.2) is 0 Å². The fourth-order valence-electron chi connectivity index (χ4n) is 3.55. The second-order valence-corrected chi connectivity index (χ2v) is 6.83. The minimum atomic E-state index is -0.105. The SMILES string of the molecule is CCOc1nc(-c2ccc3c(c2)OCO3)n(C(=O)C2CC2c2ccccc2)n1. The molecule has 2 aromatic carbocycles. The number of rotatable bonds is 5. The minimum absolute atomic E-state index is 0.0695. The molecule has 2 aliphatic rings. The maximum absolute atomic E-state index is 13.2. The largest absolute Gasteiger partial charge is 0.463 e. The second kappa shape index (κ2) is 6.67. The molecule has 0 amide bonds. The van der Waals surface area contributed by atoms with Crippen molar-refractivity contribution in [3.05, 3.63) is 54.1 Å². The van der Waals surface area contributed by atoms with Crippen molar-refractivity contribution in [3.63, 3.8) is 0 Å². The summed E-state index contributed by atoms with van der Waals surface area (Å²) in [6.45, 7) is 2.47. The summed E-state index contributed by atoms with van der Waals surface area (Å²) in [5.41, 5.74) is 1.91. The molecule has 1 saturated carbocycles. The average molecular weight is 377 g/mol. The Morgan fingerprint density at radius 2 is 2.00 bits per heavy atom. The van der Waals surface area contributed by atoms with E-state index in [0.717, 1.165) is 12.0 Å². The lowest BCUT2D eigenvalue weighted by molar-refractivity contribution is 0.0867. The van der Waals surface area contributed by atoms with Crippen LogP contribution in [0.3, 0.4) is 0 Å². The van der Waals surface area contributed by atoms with Crippen molar-refractivity contribution in [2.24, 2.45) is 5.92 Å². The lowest BCUT2D eigenvalue weighted by Crippen LogP contribution is -2.17. The molecule has 1 aromatic heterocycles. The number of benzene rings is 2. The highest BCUT2D eigenvalue weighted by Gasteiger charge is 2.45. The molecule has 0 saturated heterocycles. The van der Waals surface area contributed by atoms with E-state index in [9.17, 15) is 4.79 Å². The topological polar surface area (TPSA) is 75.5 Å². The van der Waals surface area contributed by atoms with Crippen molar-refractivity contribution in [1.82, 2.24) is 14.8 Å². The maximum Gasteiger partial charge on any atom is 0.336 e. The number of nitrogens with zero attached hydrogens (tertiary/aromatic N) is 3. The fraction of sp³-hybridized carbons (Fsp3) is 0.286. The van der Waals surface area contributed by atoms with Crippen LogP contribution < -0.4 is 14.2 Å². The monoisotopic (exact) mass is 377 g/mol. The fourth-order valence-corrected chi connectivity index (χ4v) is 3.55. The Kier molecular flexibility index (Phi) is 4.00. The third-order valence-corrected chi connectivity index (χ3v) is 5.04. The summed E-state index contributed by atoms with van der Waals surface area (Å²) in [7, 11) is 0. The van der Waals surface area contributed by atoms with E-state index < -0.39 is 0 Å². The molecule has 3 aromatic rings. The van der Waals surface area contributed by atoms with E-state index in [1.807, 2.05) is 43.3 Å². The van der Waals surface area contributed by atoms with Crippen molar-refractivity contribution >= 4 is 5.91 Å². The van der Waals surface area contributed by atoms with Crippen molar-refractivity contribution in [1.29, 1.82) is 0 Å². The van der Waals surface area contributed by atoms with Crippen molar-refractivity contribution in [3.8, 4) is 28.9 Å². The number of ether oxygens (including phenoxy) is 3. The Morgan fingerprint density at radius 1 is 1.18 bits per heavy atom. The van der Waals surface area contributed by atoms with E-state index in [1.165, 1.54) is 10.2 Å². The van der Waals surface area contributed by atoms with Crippen LogP contribution in [0.2, 0.25) is 0 Å². The van der Waals surface area contributed by atoms with Gasteiger partial charge in [-0.3, -0.25) is 4.79 Å². The molecule has 7 heteroatoms. The van der Waals surface area contributed by atoms with Crippen LogP contribution in [0.4, 0.5) is 0 Å². The molecule has 0 N–H and O–H groups in total. The number of hydrogen-bond donors (Lipinski definition) is 0. The molecular formula is C21H19N3O4. The Labute approximate surface area is 161 Å². The average Bonchev–Trinajstić information content (AvgIpc) is 3.19. The van der Waals surface area contributed by atoms with Gasteiger partial charge in [0.1, 0.15) is 0 Å². The Bertz CT molecular complexity index is 1030. The zero-order chi connectivity index (χ0) is 19.1. The van der Waals surface area contributed by atoms with Crippen LogP contribution in [-0.2, 0) is 0 Å². The lowest BCUT2D eigenvalue weighted by Gasteiger charge is -2.05. The zero-order valence-electron chi connectivity index (χ0n) is 15.4. The molecule has 1 aliphatic carbocycles. The van der Waals surface area contributed by atoms with Gasteiger partial charge in [0.15, 0.2) is 17.3 Å². The van der Waals surface area contributed by atoms with Gasteiger partial charge in [-0.1, -0.05) is 30.3 Å². The van der Waals surface area contributed by atoms with Crippen LogP contribution in [0.1, 0.15) is 29.6 Å². The normalized spacial score (nSPS) is 19.5. The number of aromatic nitrogens is 3. The van der Waals surface area contributed by atoms with Crippen LogP contribution >= 0.6 is 0 Å². The van der Waals surface area contributed by atoms with Gasteiger partial charge < -0.3 is 14.2 Å². The molecule has 2 unspecified atom stereocenters. The van der Waals surface area contributed by atoms with Gasteiger partial charge in [-0.2, -0.15) is 9.67 Å². The summed E-state index contributed by atoms with van der Waals surface area (Å²) in [4.78, 5) is 17.6. The highest BCUT2D eigenvalue weighted by atomic mass is 16.7. The Hall–Kier alpha value is -3.35. The first-order valence-corrected chi connectivity index (χ1v) is 9.33. The summed E-state index contributed by atoms with van der Waals surface area (Å²) in [5.74, 6) is 1.80. The Morgan fingerprint density at radius 3 is 2.82 bits per heavy atom. The number of carbonyl (C=O) groups excluding carboxylic acids is 1. The van der Waals surface area contributed by atoms with Crippen LogP contribution in [-0.4, -0.2) is 34.1 Å². The summed E-state index contributed by atoms with van der Waals surface area (Å²) < 4.78 is 17.6. The van der Waals surface area contributed by atoms with Crippen molar-refractivity contribution in [2.75, 3.05) is 13.4 Å². The predicted molar refractivity (Wildman–Crippen MR) is 101 cm³/mol. The molecule has 2 heterocycles. The zero-order valence-corrected chi connectivity index (χ0v) is 15.4. The van der Waals surface area contributed by atoms with E-state index in [2.05, 4.69) is 22.2 Å². The van der Waals surface area contributed by atoms with Gasteiger partial charge in [0.05, 0.1) is 6.61 Å². The van der Waals surface area contributed by atoms with Gasteiger partial charge in [0, 0.05) is 11.5 Å². The molecule has 0 bridgehead atoms. The highest BCUT2D eigenvalue weighted by Crippen LogP contribution is 2.48. The van der Waals surface area contributed by atoms with Gasteiger partial charge in [0.2, 0.25) is 6.79 Å². The molecule has 28 heavy (non-hydrogen) atoms. The molecule has 0 radical (unpaired) electrons. The first-order chi connectivity index (χ1) is 13.7. The molecule has 1 aliphatic heterocycles. The molecule has 1 fully saturated rings. The molecular weight excluding hydrogens is 358 g/mol. The minimum Gasteiger partial charge on any atom is -0.463 e. The second-order valence-electron chi connectivity index (χ2n) is 6.83. The lowest BCUT2D eigenvalue weighted by atomic mass is 10.1. The first-order valence-electron chi connectivity index (χ1n) is 9.33. The molecule has 142 valence electrons. The van der Waals surface area contributed by atoms with Crippen LogP contribution in [0, 0.1) is 5.92 Å². The van der Waals surface area contributed by atoms with E-state index in [4.69, 9.17) is 14.2 Å². The first kappa shape index (κ1) is 16.8. The number of carbonyl (C=O) groups is 1. The third-order valence-electron chi connectivity index (χ3n) is 5.04. The van der Waals surface area contributed by atoms with Crippen molar-refractivity contribution < 1.29 is 19.0 Å². The smallest absolute Gasteiger partial charge is 0.336 e. The Balaban J connectivity index is 1.48. The van der Waals surface area contributed by atoms with Gasteiger partial charge in [0.25, 0.3) is 5.91 Å². The van der Waals surface area contributed by atoms with Gasteiger partial charge in [-0.15, -0.1) is 5.10 Å². The van der Waals surface area contributed by atoms with E-state index in [-0.39, 0.29) is 30.5 Å². The maximum atomic E-state index is 13.2. The summed E-state index contributed by atoms with van der Waals surface area (Å²) in [6.07, 6.45) is 0.813. The molecule has 2 atom stereocenters. The highest BCUT2D eigenvalue weighted by molar-refractivity contribution is 5.88. The van der Waals surface area contributed by atoms with Gasteiger partial charge >= 0.3 is 6.01 Å². The number of hydrogen-bond acceptors (Lipinski definition) is 6. The van der Waals surface area contributed by atoms with E-state index in [1.54, 1.807) is 0 Å². The van der Waals surface area contributed by atoms with E-state index in [0.29, 0.717) is 23.9 Å². The molecule has 7 nitrogen and oxygen atoms in total. The molecule has 5 rings (SSSR count). The third kappa shape index (κ3) is 2.89. The quantitative estimate of drug-likeness (QED) is 0.677.